The topological polar surface area (TPSA) is 36.9 Å². The van der Waals surface area contributed by atoms with Crippen LogP contribution in [0.5, 0.6) is 0 Å². The van der Waals surface area contributed by atoms with Gasteiger partial charge in [-0.1, -0.05) is 0 Å². The Morgan fingerprint density at radius 3 is 0.875 bits per heavy atom. The molecule has 0 heterocycles. The average Bonchev–Trinajstić information content (AvgIpc) is 2.20. The molecule has 0 unspecified atom stereocenters. The van der Waals surface area contributed by atoms with E-state index in [0.29, 0.717) is 0 Å². The van der Waals surface area contributed by atoms with Crippen molar-refractivity contribution in [3.63, 3.8) is 0 Å². The van der Waals surface area contributed by atoms with E-state index in [-0.39, 0.29) is 0 Å². The van der Waals surface area contributed by atoms with Crippen LogP contribution in [0.2, 0.25) is 13.1 Å². The van der Waals surface area contributed by atoms with Crippen LogP contribution in [0.1, 0.15) is 27.7 Å². The quantitative estimate of drug-likeness (QED) is 0.629. The number of hydrogen-bond donors (Lipinski definition) is 0. The largest absolute Gasteiger partial charge is 0.397 e. The Morgan fingerprint density at radius 1 is 0.562 bits per heavy atom. The molecule has 100 valence electrons. The van der Waals surface area contributed by atoms with Gasteiger partial charge in [0.05, 0.1) is 0 Å². The predicted octanol–water partition coefficient (Wildman–Crippen LogP) is 1.82. The first kappa shape index (κ1) is 18.6. The van der Waals surface area contributed by atoms with Crippen LogP contribution in [0, 0.1) is 0 Å². The van der Waals surface area contributed by atoms with E-state index >= 15 is 0 Å². The first-order valence-corrected chi connectivity index (χ1v) is 10.3. The van der Waals surface area contributed by atoms with E-state index in [4.69, 9.17) is 17.7 Å². The first-order chi connectivity index (χ1) is 7.62. The van der Waals surface area contributed by atoms with E-state index in [1.165, 1.54) is 0 Å². The molecule has 0 saturated heterocycles. The second kappa shape index (κ2) is 15.3. The van der Waals surface area contributed by atoms with Crippen LogP contribution in [0.3, 0.4) is 0 Å². The number of hydrogen-bond acceptors (Lipinski definition) is 4. The molecule has 0 aromatic heterocycles. The zero-order chi connectivity index (χ0) is 12.8. The van der Waals surface area contributed by atoms with E-state index in [2.05, 4.69) is 0 Å². The molecule has 0 spiro atoms. The van der Waals surface area contributed by atoms with E-state index in [1.54, 1.807) is 0 Å². The molecule has 0 amide bonds. The van der Waals surface area contributed by atoms with Gasteiger partial charge in [0.15, 0.2) is 0 Å². The third-order valence-electron chi connectivity index (χ3n) is 1.61. The molecular weight excluding hydrogens is 240 g/mol. The highest BCUT2D eigenvalue weighted by Gasteiger charge is 2.00. The molecule has 0 saturated carbocycles. The SMILES string of the molecule is CCO[SiH](C)OCC.CCO[SiH](C)OCC. The minimum Gasteiger partial charge on any atom is -0.397 e. The molecule has 0 aliphatic carbocycles. The van der Waals surface area contributed by atoms with Gasteiger partial charge in [-0.05, 0) is 40.8 Å². The molecule has 0 atom stereocenters. The van der Waals surface area contributed by atoms with Crippen LogP contribution >= 0.6 is 0 Å². The van der Waals surface area contributed by atoms with Crippen molar-refractivity contribution in [2.45, 2.75) is 40.8 Å². The van der Waals surface area contributed by atoms with Gasteiger partial charge < -0.3 is 17.7 Å². The maximum absolute atomic E-state index is 5.20. The highest BCUT2D eigenvalue weighted by molar-refractivity contribution is 6.42. The van der Waals surface area contributed by atoms with Crippen LogP contribution in [0.25, 0.3) is 0 Å². The molecule has 0 aliphatic heterocycles. The molecular formula is C10H28O4Si2. The maximum Gasteiger partial charge on any atom is 0.318 e. The molecule has 0 aromatic carbocycles. The van der Waals surface area contributed by atoms with Crippen molar-refractivity contribution in [2.24, 2.45) is 0 Å². The Labute approximate surface area is 104 Å². The minimum absolute atomic E-state index is 0.785. The second-order valence-electron chi connectivity index (χ2n) is 2.96. The summed E-state index contributed by atoms with van der Waals surface area (Å²) in [5.41, 5.74) is 0. The molecule has 0 rings (SSSR count). The van der Waals surface area contributed by atoms with E-state index in [0.717, 1.165) is 26.4 Å². The zero-order valence-electron chi connectivity index (χ0n) is 11.6. The van der Waals surface area contributed by atoms with Crippen molar-refractivity contribution < 1.29 is 17.7 Å². The summed E-state index contributed by atoms with van der Waals surface area (Å²) >= 11 is 0. The fraction of sp³-hybridized carbons (Fsp3) is 1.00. The van der Waals surface area contributed by atoms with Crippen molar-refractivity contribution in [3.05, 3.63) is 0 Å². The summed E-state index contributed by atoms with van der Waals surface area (Å²) in [7, 11) is -2.40. The van der Waals surface area contributed by atoms with Gasteiger partial charge in [-0.3, -0.25) is 0 Å². The molecule has 16 heavy (non-hydrogen) atoms. The lowest BCUT2D eigenvalue weighted by molar-refractivity contribution is 0.219. The highest BCUT2D eigenvalue weighted by Crippen LogP contribution is 1.86. The first-order valence-electron chi connectivity index (χ1n) is 6.08. The molecule has 6 heteroatoms. The summed E-state index contributed by atoms with van der Waals surface area (Å²) in [4.78, 5) is 0. The standard InChI is InChI=1S/2C5H14O2Si/c2*1-4-6-8(3)7-5-2/h2*8H,4-5H2,1-3H3. The average molecular weight is 269 g/mol. The van der Waals surface area contributed by atoms with Gasteiger partial charge in [0.25, 0.3) is 0 Å². The molecule has 0 bridgehead atoms. The summed E-state index contributed by atoms with van der Waals surface area (Å²) in [6, 6.07) is 0. The lowest BCUT2D eigenvalue weighted by atomic mass is 10.9. The Balaban J connectivity index is 0. The summed E-state index contributed by atoms with van der Waals surface area (Å²) in [6.07, 6.45) is 0. The third-order valence-corrected chi connectivity index (χ3v) is 4.82. The Morgan fingerprint density at radius 2 is 0.750 bits per heavy atom. The molecule has 0 aromatic rings. The fourth-order valence-corrected chi connectivity index (χ4v) is 3.11. The Bertz CT molecular complexity index is 101. The van der Waals surface area contributed by atoms with E-state index < -0.39 is 18.6 Å². The van der Waals surface area contributed by atoms with Crippen LogP contribution in [0.4, 0.5) is 0 Å². The second-order valence-corrected chi connectivity index (χ2v) is 6.56. The molecule has 4 nitrogen and oxygen atoms in total. The monoisotopic (exact) mass is 268 g/mol. The fourth-order valence-electron chi connectivity index (χ4n) is 1.04. The van der Waals surface area contributed by atoms with Gasteiger partial charge >= 0.3 is 18.6 Å². The van der Waals surface area contributed by atoms with Crippen molar-refractivity contribution in [2.75, 3.05) is 26.4 Å². The zero-order valence-corrected chi connectivity index (χ0v) is 13.9. The van der Waals surface area contributed by atoms with Gasteiger partial charge in [-0.25, -0.2) is 0 Å². The van der Waals surface area contributed by atoms with Gasteiger partial charge in [0, 0.05) is 26.4 Å². The normalized spacial score (nSPS) is 10.5. The Hall–Kier alpha value is 0.274. The van der Waals surface area contributed by atoms with Crippen LogP contribution in [0.15, 0.2) is 0 Å². The van der Waals surface area contributed by atoms with Gasteiger partial charge in [-0.2, -0.15) is 0 Å². The summed E-state index contributed by atoms with van der Waals surface area (Å²) in [5, 5.41) is 0. The maximum atomic E-state index is 5.20. The molecule has 0 radical (unpaired) electrons. The lowest BCUT2D eigenvalue weighted by Gasteiger charge is -2.07. The third kappa shape index (κ3) is 16.7. The van der Waals surface area contributed by atoms with Crippen LogP contribution < -0.4 is 0 Å². The van der Waals surface area contributed by atoms with Gasteiger partial charge in [0.2, 0.25) is 0 Å². The molecule has 0 N–H and O–H groups in total. The summed E-state index contributed by atoms with van der Waals surface area (Å²) in [5.74, 6) is 0. The van der Waals surface area contributed by atoms with Crippen molar-refractivity contribution in [3.8, 4) is 0 Å². The van der Waals surface area contributed by atoms with Crippen LogP contribution in [-0.4, -0.2) is 45.0 Å². The summed E-state index contributed by atoms with van der Waals surface area (Å²) < 4.78 is 20.8. The summed E-state index contributed by atoms with van der Waals surface area (Å²) in [6.45, 7) is 15.2. The van der Waals surface area contributed by atoms with Gasteiger partial charge in [0.1, 0.15) is 0 Å². The lowest BCUT2D eigenvalue weighted by Crippen LogP contribution is -2.17. The predicted molar refractivity (Wildman–Crippen MR) is 72.5 cm³/mol. The number of rotatable bonds is 8. The Kier molecular flexibility index (Phi) is 17.8. The molecule has 0 aliphatic rings. The molecule has 0 fully saturated rings. The van der Waals surface area contributed by atoms with E-state index in [9.17, 15) is 0 Å². The van der Waals surface area contributed by atoms with Gasteiger partial charge in [-0.15, -0.1) is 0 Å². The van der Waals surface area contributed by atoms with Crippen molar-refractivity contribution in [1.29, 1.82) is 0 Å². The van der Waals surface area contributed by atoms with Crippen LogP contribution in [-0.2, 0) is 17.7 Å². The van der Waals surface area contributed by atoms with E-state index in [1.807, 2.05) is 40.8 Å². The minimum atomic E-state index is -1.20. The van der Waals surface area contributed by atoms with Crippen molar-refractivity contribution in [1.82, 2.24) is 0 Å². The highest BCUT2D eigenvalue weighted by atomic mass is 28.3. The smallest absolute Gasteiger partial charge is 0.318 e. The van der Waals surface area contributed by atoms with Crippen molar-refractivity contribution >= 4 is 18.6 Å².